The number of aromatic nitrogens is 3. The lowest BCUT2D eigenvalue weighted by atomic mass is 10.0. The van der Waals surface area contributed by atoms with Crippen molar-refractivity contribution in [3.63, 3.8) is 0 Å². The number of rotatable bonds is 3. The third kappa shape index (κ3) is 3.01. The molecule has 1 fully saturated rings. The van der Waals surface area contributed by atoms with E-state index in [1.165, 1.54) is 11.0 Å². The van der Waals surface area contributed by atoms with Gasteiger partial charge in [-0.25, -0.2) is 9.31 Å². The van der Waals surface area contributed by atoms with Gasteiger partial charge in [0, 0.05) is 31.4 Å². The van der Waals surface area contributed by atoms with Crippen molar-refractivity contribution >= 4 is 22.6 Å². The fourth-order valence-electron chi connectivity index (χ4n) is 3.78. The predicted molar refractivity (Wildman–Crippen MR) is 101 cm³/mol. The van der Waals surface area contributed by atoms with Crippen molar-refractivity contribution in [1.82, 2.24) is 19.1 Å². The van der Waals surface area contributed by atoms with Crippen LogP contribution < -0.4 is 10.3 Å². The van der Waals surface area contributed by atoms with Crippen molar-refractivity contribution in [3.05, 3.63) is 40.8 Å². The molecule has 8 heteroatoms. The van der Waals surface area contributed by atoms with Gasteiger partial charge in [-0.3, -0.25) is 9.36 Å². The average molecular weight is 370 g/mol. The van der Waals surface area contributed by atoms with Crippen LogP contribution in [0, 0.1) is 0 Å². The molecule has 1 aliphatic heterocycles. The van der Waals surface area contributed by atoms with E-state index in [-0.39, 0.29) is 17.7 Å². The summed E-state index contributed by atoms with van der Waals surface area (Å²) in [7, 11) is 0. The van der Waals surface area contributed by atoms with Crippen molar-refractivity contribution < 1.29 is 14.6 Å². The molecule has 8 nitrogen and oxygen atoms in total. The Morgan fingerprint density at radius 1 is 1.26 bits per heavy atom. The van der Waals surface area contributed by atoms with E-state index in [1.54, 1.807) is 15.3 Å². The first-order chi connectivity index (χ1) is 13.0. The Morgan fingerprint density at radius 3 is 2.67 bits per heavy atom. The molecule has 0 bridgehead atoms. The van der Waals surface area contributed by atoms with Gasteiger partial charge in [0.1, 0.15) is 5.75 Å². The minimum absolute atomic E-state index is 0.00626. The largest absolute Gasteiger partial charge is 0.490 e. The van der Waals surface area contributed by atoms with Crippen molar-refractivity contribution in [2.24, 2.45) is 0 Å². The molecule has 27 heavy (non-hydrogen) atoms. The predicted octanol–water partition coefficient (Wildman–Crippen LogP) is 2.75. The van der Waals surface area contributed by atoms with Crippen molar-refractivity contribution in [3.8, 4) is 5.75 Å². The number of amides is 1. The highest BCUT2D eigenvalue weighted by atomic mass is 16.5. The van der Waals surface area contributed by atoms with Gasteiger partial charge in [-0.15, -0.1) is 0 Å². The molecule has 1 amide bonds. The summed E-state index contributed by atoms with van der Waals surface area (Å²) in [6, 6.07) is 7.10. The summed E-state index contributed by atoms with van der Waals surface area (Å²) in [5.74, 6) is 0.694. The summed E-state index contributed by atoms with van der Waals surface area (Å²) in [5, 5.41) is 14.6. The molecule has 1 aromatic carbocycles. The molecule has 2 aromatic heterocycles. The molecule has 142 valence electrons. The standard InChI is InChI=1S/C19H22N4O4/c1-12(2)27-15-5-3-4-14-17(15)18-22(20-14)11-8-16(24)23(18)13-6-9-21(10-7-13)19(25)26/h3-5,8,11-13H,6-7,9-10H2,1-2H3,(H,25,26). The Kier molecular flexibility index (Phi) is 4.25. The zero-order chi connectivity index (χ0) is 19.1. The Balaban J connectivity index is 1.89. The molecule has 0 radical (unpaired) electrons. The van der Waals surface area contributed by atoms with Gasteiger partial charge in [0.25, 0.3) is 5.56 Å². The minimum atomic E-state index is -0.915. The monoisotopic (exact) mass is 370 g/mol. The highest BCUT2D eigenvalue weighted by Gasteiger charge is 2.26. The van der Waals surface area contributed by atoms with Crippen LogP contribution in [0.5, 0.6) is 5.75 Å². The second kappa shape index (κ2) is 6.61. The molecule has 0 spiro atoms. The molecule has 3 heterocycles. The first-order valence-corrected chi connectivity index (χ1v) is 9.13. The second-order valence-corrected chi connectivity index (χ2v) is 7.11. The molecule has 4 rings (SSSR count). The molecular formula is C19H22N4O4. The third-order valence-electron chi connectivity index (χ3n) is 4.95. The van der Waals surface area contributed by atoms with Crippen molar-refractivity contribution in [1.29, 1.82) is 0 Å². The van der Waals surface area contributed by atoms with E-state index in [0.717, 1.165) is 10.9 Å². The van der Waals surface area contributed by atoms with Crippen LogP contribution in [0.4, 0.5) is 4.79 Å². The lowest BCUT2D eigenvalue weighted by Gasteiger charge is -2.31. The number of hydrogen-bond donors (Lipinski definition) is 1. The van der Waals surface area contributed by atoms with Gasteiger partial charge in [-0.1, -0.05) is 6.07 Å². The molecular weight excluding hydrogens is 348 g/mol. The van der Waals surface area contributed by atoms with E-state index >= 15 is 0 Å². The average Bonchev–Trinajstić information content (AvgIpc) is 3.01. The van der Waals surface area contributed by atoms with Gasteiger partial charge in [-0.05, 0) is 38.8 Å². The number of fused-ring (bicyclic) bond motifs is 3. The number of carboxylic acid groups (broad SMARTS) is 1. The van der Waals surface area contributed by atoms with Crippen LogP contribution in [0.3, 0.4) is 0 Å². The van der Waals surface area contributed by atoms with E-state index in [1.807, 2.05) is 32.0 Å². The maximum Gasteiger partial charge on any atom is 0.407 e. The molecule has 0 saturated carbocycles. The maximum atomic E-state index is 12.8. The highest BCUT2D eigenvalue weighted by molar-refractivity contribution is 5.97. The van der Waals surface area contributed by atoms with E-state index in [4.69, 9.17) is 4.74 Å². The summed E-state index contributed by atoms with van der Waals surface area (Å²) >= 11 is 0. The van der Waals surface area contributed by atoms with Crippen LogP contribution in [0.2, 0.25) is 0 Å². The Hall–Kier alpha value is -3.03. The van der Waals surface area contributed by atoms with Crippen LogP contribution in [-0.4, -0.2) is 49.5 Å². The lowest BCUT2D eigenvalue weighted by Crippen LogP contribution is -2.40. The molecule has 0 atom stereocenters. The smallest absolute Gasteiger partial charge is 0.407 e. The summed E-state index contributed by atoms with van der Waals surface area (Å²) in [6.07, 6.45) is 1.92. The van der Waals surface area contributed by atoms with Gasteiger partial charge in [0.15, 0.2) is 5.65 Å². The number of likely N-dealkylation sites (tertiary alicyclic amines) is 1. The third-order valence-corrected chi connectivity index (χ3v) is 4.95. The van der Waals surface area contributed by atoms with Crippen LogP contribution in [-0.2, 0) is 0 Å². The number of piperidine rings is 1. The van der Waals surface area contributed by atoms with Gasteiger partial charge < -0.3 is 14.7 Å². The maximum absolute atomic E-state index is 12.8. The van der Waals surface area contributed by atoms with Crippen LogP contribution in [0.1, 0.15) is 32.7 Å². The number of carbonyl (C=O) groups is 1. The zero-order valence-electron chi connectivity index (χ0n) is 15.3. The Labute approximate surface area is 155 Å². The Bertz CT molecular complexity index is 1060. The van der Waals surface area contributed by atoms with Crippen LogP contribution in [0.15, 0.2) is 35.3 Å². The van der Waals surface area contributed by atoms with E-state index in [0.29, 0.717) is 37.3 Å². The van der Waals surface area contributed by atoms with Crippen LogP contribution >= 0.6 is 0 Å². The van der Waals surface area contributed by atoms with Gasteiger partial charge >= 0.3 is 6.09 Å². The van der Waals surface area contributed by atoms with E-state index < -0.39 is 6.09 Å². The summed E-state index contributed by atoms with van der Waals surface area (Å²) < 4.78 is 9.43. The Morgan fingerprint density at radius 2 is 2.00 bits per heavy atom. The topological polar surface area (TPSA) is 89.1 Å². The highest BCUT2D eigenvalue weighted by Crippen LogP contribution is 2.32. The quantitative estimate of drug-likeness (QED) is 0.766. The van der Waals surface area contributed by atoms with Crippen molar-refractivity contribution in [2.75, 3.05) is 13.1 Å². The fraction of sp³-hybridized carbons (Fsp3) is 0.421. The number of nitrogens with zero attached hydrogens (tertiary/aromatic N) is 4. The molecule has 1 saturated heterocycles. The molecule has 0 aliphatic carbocycles. The minimum Gasteiger partial charge on any atom is -0.490 e. The summed E-state index contributed by atoms with van der Waals surface area (Å²) in [6.45, 7) is 4.74. The van der Waals surface area contributed by atoms with E-state index in [9.17, 15) is 14.7 Å². The first-order valence-electron chi connectivity index (χ1n) is 9.13. The van der Waals surface area contributed by atoms with Gasteiger partial charge in [-0.2, -0.15) is 5.10 Å². The van der Waals surface area contributed by atoms with Crippen molar-refractivity contribution in [2.45, 2.75) is 38.8 Å². The summed E-state index contributed by atoms with van der Waals surface area (Å²) in [5.41, 5.74) is 1.34. The molecule has 1 N–H and O–H groups in total. The number of benzene rings is 1. The number of ether oxygens (including phenoxy) is 1. The molecule has 3 aromatic rings. The number of hydrogen-bond acceptors (Lipinski definition) is 4. The lowest BCUT2D eigenvalue weighted by molar-refractivity contribution is 0.125. The molecule has 1 aliphatic rings. The van der Waals surface area contributed by atoms with Gasteiger partial charge in [0.05, 0.1) is 17.0 Å². The normalized spacial score (nSPS) is 15.7. The van der Waals surface area contributed by atoms with Gasteiger partial charge in [0.2, 0.25) is 0 Å². The zero-order valence-corrected chi connectivity index (χ0v) is 15.3. The SMILES string of the molecule is CC(C)Oc1cccc2nn3ccc(=O)n(C4CCN(C(=O)O)CC4)c3c12. The van der Waals surface area contributed by atoms with E-state index in [2.05, 4.69) is 5.10 Å². The molecule has 0 unspecified atom stereocenters. The fourth-order valence-corrected chi connectivity index (χ4v) is 3.78. The first kappa shape index (κ1) is 17.4. The van der Waals surface area contributed by atoms with Crippen LogP contribution in [0.25, 0.3) is 16.6 Å². The second-order valence-electron chi connectivity index (χ2n) is 7.11. The summed E-state index contributed by atoms with van der Waals surface area (Å²) in [4.78, 5) is 25.4.